The quantitative estimate of drug-likeness (QED) is 0.800. The Labute approximate surface area is 104 Å². The summed E-state index contributed by atoms with van der Waals surface area (Å²) in [4.78, 5) is 1.75. The maximum Gasteiger partial charge on any atom is 0.100 e. The zero-order valence-corrected chi connectivity index (χ0v) is 9.74. The Morgan fingerprint density at radius 2 is 1.35 bits per heavy atom. The van der Waals surface area contributed by atoms with Crippen LogP contribution in [0.15, 0.2) is 58.3 Å². The number of rotatable bonds is 2. The number of hydrogen-bond acceptors (Lipinski definition) is 3. The first-order valence-corrected chi connectivity index (χ1v) is 5.83. The summed E-state index contributed by atoms with van der Waals surface area (Å²) in [5.74, 6) is 0. The standard InChI is InChI=1S/C14H8N2S/c15-9-11-5-4-6-12(10-16)14(11)17-13-7-2-1-3-8-13/h1-8H. The van der Waals surface area contributed by atoms with Gasteiger partial charge in [-0.3, -0.25) is 0 Å². The zero-order chi connectivity index (χ0) is 12.1. The molecule has 0 aliphatic heterocycles. The van der Waals surface area contributed by atoms with Crippen molar-refractivity contribution in [3.05, 3.63) is 59.7 Å². The molecule has 17 heavy (non-hydrogen) atoms. The van der Waals surface area contributed by atoms with Crippen molar-refractivity contribution in [3.8, 4) is 12.1 Å². The van der Waals surface area contributed by atoms with Gasteiger partial charge in [0.15, 0.2) is 0 Å². The SMILES string of the molecule is N#Cc1cccc(C#N)c1Sc1ccccc1. The summed E-state index contributed by atoms with van der Waals surface area (Å²) in [6.07, 6.45) is 0. The lowest BCUT2D eigenvalue weighted by Crippen LogP contribution is -1.86. The second-order valence-corrected chi connectivity index (χ2v) is 4.40. The molecule has 2 nitrogen and oxygen atoms in total. The van der Waals surface area contributed by atoms with Crippen molar-refractivity contribution in [1.29, 1.82) is 10.5 Å². The highest BCUT2D eigenvalue weighted by Crippen LogP contribution is 2.32. The Morgan fingerprint density at radius 3 is 1.88 bits per heavy atom. The molecule has 0 unspecified atom stereocenters. The van der Waals surface area contributed by atoms with Gasteiger partial charge in [0.25, 0.3) is 0 Å². The molecule has 0 radical (unpaired) electrons. The lowest BCUT2D eigenvalue weighted by Gasteiger charge is -2.05. The van der Waals surface area contributed by atoms with Crippen LogP contribution >= 0.6 is 11.8 Å². The summed E-state index contributed by atoms with van der Waals surface area (Å²) in [5, 5.41) is 18.1. The molecule has 2 aromatic rings. The Morgan fingerprint density at radius 1 is 0.765 bits per heavy atom. The lowest BCUT2D eigenvalue weighted by molar-refractivity contribution is 1.30. The molecule has 3 heteroatoms. The van der Waals surface area contributed by atoms with Gasteiger partial charge in [0.05, 0.1) is 11.1 Å². The van der Waals surface area contributed by atoms with Gasteiger partial charge in [0.1, 0.15) is 12.1 Å². The Balaban J connectivity index is 2.46. The smallest absolute Gasteiger partial charge is 0.100 e. The second-order valence-electron chi connectivity index (χ2n) is 3.32. The highest BCUT2D eigenvalue weighted by Gasteiger charge is 2.09. The van der Waals surface area contributed by atoms with Crippen LogP contribution in [-0.4, -0.2) is 0 Å². The predicted molar refractivity (Wildman–Crippen MR) is 66.4 cm³/mol. The average Bonchev–Trinajstić information content (AvgIpc) is 2.40. The number of benzene rings is 2. The Hall–Kier alpha value is -2.23. The molecule has 0 aliphatic carbocycles. The number of hydrogen-bond donors (Lipinski definition) is 0. The van der Waals surface area contributed by atoms with Gasteiger partial charge in [0.2, 0.25) is 0 Å². The summed E-state index contributed by atoms with van der Waals surface area (Å²) >= 11 is 1.44. The summed E-state index contributed by atoms with van der Waals surface area (Å²) in [6, 6.07) is 19.1. The van der Waals surface area contributed by atoms with E-state index in [-0.39, 0.29) is 0 Å². The third kappa shape index (κ3) is 2.47. The topological polar surface area (TPSA) is 47.6 Å². The van der Waals surface area contributed by atoms with Crippen molar-refractivity contribution in [3.63, 3.8) is 0 Å². The molecule has 80 valence electrons. The minimum Gasteiger partial charge on any atom is -0.192 e. The van der Waals surface area contributed by atoms with E-state index in [4.69, 9.17) is 10.5 Å². The van der Waals surface area contributed by atoms with Crippen LogP contribution in [0.1, 0.15) is 11.1 Å². The summed E-state index contributed by atoms with van der Waals surface area (Å²) in [6.45, 7) is 0. The van der Waals surface area contributed by atoms with Gasteiger partial charge in [-0.2, -0.15) is 10.5 Å². The van der Waals surface area contributed by atoms with Crippen molar-refractivity contribution < 1.29 is 0 Å². The van der Waals surface area contributed by atoms with Crippen LogP contribution in [0, 0.1) is 22.7 Å². The van der Waals surface area contributed by atoms with E-state index >= 15 is 0 Å². The molecular formula is C14H8N2S. The summed E-state index contributed by atoms with van der Waals surface area (Å²) < 4.78 is 0. The van der Waals surface area contributed by atoms with E-state index in [9.17, 15) is 0 Å². The Kier molecular flexibility index (Phi) is 3.45. The molecule has 2 aromatic carbocycles. The molecule has 0 heterocycles. The first-order valence-electron chi connectivity index (χ1n) is 5.01. The fraction of sp³-hybridized carbons (Fsp3) is 0. The second kappa shape index (κ2) is 5.21. The van der Waals surface area contributed by atoms with Gasteiger partial charge in [0, 0.05) is 9.79 Å². The third-order valence-corrected chi connectivity index (χ3v) is 3.37. The molecule has 0 amide bonds. The summed E-state index contributed by atoms with van der Waals surface area (Å²) in [7, 11) is 0. The van der Waals surface area contributed by atoms with Crippen molar-refractivity contribution in [2.24, 2.45) is 0 Å². The largest absolute Gasteiger partial charge is 0.192 e. The van der Waals surface area contributed by atoms with Crippen LogP contribution in [0.4, 0.5) is 0 Å². The number of nitriles is 2. The molecule has 0 N–H and O–H groups in total. The van der Waals surface area contributed by atoms with Gasteiger partial charge in [-0.25, -0.2) is 0 Å². The minimum absolute atomic E-state index is 0.540. The normalized spacial score (nSPS) is 9.29. The lowest BCUT2D eigenvalue weighted by atomic mass is 10.1. The average molecular weight is 236 g/mol. The van der Waals surface area contributed by atoms with E-state index in [1.807, 2.05) is 30.3 Å². The van der Waals surface area contributed by atoms with Crippen LogP contribution in [0.25, 0.3) is 0 Å². The van der Waals surface area contributed by atoms with E-state index in [0.29, 0.717) is 11.1 Å². The fourth-order valence-electron chi connectivity index (χ4n) is 1.43. The van der Waals surface area contributed by atoms with Crippen LogP contribution in [0.3, 0.4) is 0 Å². The van der Waals surface area contributed by atoms with E-state index in [1.54, 1.807) is 18.2 Å². The molecule has 0 saturated carbocycles. The summed E-state index contributed by atoms with van der Waals surface area (Å²) in [5.41, 5.74) is 1.08. The van der Waals surface area contributed by atoms with E-state index in [2.05, 4.69) is 12.1 Å². The van der Waals surface area contributed by atoms with Crippen molar-refractivity contribution in [2.75, 3.05) is 0 Å². The van der Waals surface area contributed by atoms with E-state index in [1.165, 1.54) is 11.8 Å². The maximum atomic E-state index is 9.04. The molecule has 0 bridgehead atoms. The molecule has 0 spiro atoms. The van der Waals surface area contributed by atoms with Crippen LogP contribution < -0.4 is 0 Å². The van der Waals surface area contributed by atoms with Gasteiger partial charge in [-0.05, 0) is 24.3 Å². The van der Waals surface area contributed by atoms with Crippen LogP contribution in [-0.2, 0) is 0 Å². The highest BCUT2D eigenvalue weighted by atomic mass is 32.2. The highest BCUT2D eigenvalue weighted by molar-refractivity contribution is 7.99. The minimum atomic E-state index is 0.540. The van der Waals surface area contributed by atoms with Gasteiger partial charge >= 0.3 is 0 Å². The van der Waals surface area contributed by atoms with Crippen LogP contribution in [0.5, 0.6) is 0 Å². The fourth-order valence-corrected chi connectivity index (χ4v) is 2.41. The van der Waals surface area contributed by atoms with Gasteiger partial charge in [-0.15, -0.1) is 0 Å². The van der Waals surface area contributed by atoms with Crippen LogP contribution in [0.2, 0.25) is 0 Å². The maximum absolute atomic E-state index is 9.04. The first kappa shape index (κ1) is 11.3. The Bertz CT molecular complexity index is 574. The molecule has 0 atom stereocenters. The first-order chi connectivity index (χ1) is 8.35. The molecule has 0 saturated heterocycles. The zero-order valence-electron chi connectivity index (χ0n) is 8.92. The monoisotopic (exact) mass is 236 g/mol. The van der Waals surface area contributed by atoms with E-state index < -0.39 is 0 Å². The van der Waals surface area contributed by atoms with Gasteiger partial charge < -0.3 is 0 Å². The number of nitrogens with zero attached hydrogens (tertiary/aromatic N) is 2. The van der Waals surface area contributed by atoms with E-state index in [0.717, 1.165) is 9.79 Å². The van der Waals surface area contributed by atoms with Crippen molar-refractivity contribution in [1.82, 2.24) is 0 Å². The molecule has 2 rings (SSSR count). The van der Waals surface area contributed by atoms with Gasteiger partial charge in [-0.1, -0.05) is 36.0 Å². The molecule has 0 aliphatic rings. The van der Waals surface area contributed by atoms with Crippen molar-refractivity contribution >= 4 is 11.8 Å². The molecular weight excluding hydrogens is 228 g/mol. The molecule has 0 fully saturated rings. The third-order valence-electron chi connectivity index (χ3n) is 2.22. The molecule has 0 aromatic heterocycles. The predicted octanol–water partition coefficient (Wildman–Crippen LogP) is 3.58. The van der Waals surface area contributed by atoms with Crippen molar-refractivity contribution in [2.45, 2.75) is 9.79 Å².